The van der Waals surface area contributed by atoms with Crippen molar-refractivity contribution in [3.05, 3.63) is 270 Å². The molecule has 0 spiro atoms. The molecule has 0 unspecified atom stereocenters. The van der Waals surface area contributed by atoms with E-state index in [1.807, 2.05) is 0 Å². The Bertz CT molecular complexity index is 3290. The van der Waals surface area contributed by atoms with Crippen LogP contribution in [0.25, 0.3) is 55.3 Å². The highest BCUT2D eigenvalue weighted by Crippen LogP contribution is 2.62. The van der Waals surface area contributed by atoms with Gasteiger partial charge < -0.3 is 4.90 Å². The third-order valence-electron chi connectivity index (χ3n) is 13.9. The number of hydrogen-bond donors (Lipinski definition) is 0. The zero-order valence-electron chi connectivity index (χ0n) is 35.5. The van der Waals surface area contributed by atoms with Crippen LogP contribution in [0.5, 0.6) is 0 Å². The van der Waals surface area contributed by atoms with Crippen molar-refractivity contribution in [2.75, 3.05) is 4.90 Å². The van der Waals surface area contributed by atoms with Crippen LogP contribution in [-0.4, -0.2) is 0 Å². The van der Waals surface area contributed by atoms with E-state index in [9.17, 15) is 0 Å². The molecule has 0 fully saturated rings. The zero-order chi connectivity index (χ0) is 42.1. The summed E-state index contributed by atoms with van der Waals surface area (Å²) in [5.41, 5.74) is 20.4. The van der Waals surface area contributed by atoms with E-state index in [2.05, 4.69) is 255 Å². The number of fused-ring (bicyclic) bond motifs is 8. The van der Waals surface area contributed by atoms with Crippen LogP contribution in [0.15, 0.2) is 237 Å². The van der Waals surface area contributed by atoms with E-state index < -0.39 is 5.41 Å². The molecule has 0 bridgehead atoms. The Morgan fingerprint density at radius 1 is 0.349 bits per heavy atom. The summed E-state index contributed by atoms with van der Waals surface area (Å²) in [6.07, 6.45) is 0. The fourth-order valence-corrected chi connectivity index (χ4v) is 11.0. The second-order valence-corrected chi connectivity index (χ2v) is 17.6. The van der Waals surface area contributed by atoms with Gasteiger partial charge in [0.25, 0.3) is 0 Å². The summed E-state index contributed by atoms with van der Waals surface area (Å²) in [4.78, 5) is 2.54. The molecule has 2 aliphatic rings. The average molecular weight is 804 g/mol. The van der Waals surface area contributed by atoms with Crippen LogP contribution in [0.2, 0.25) is 0 Å². The van der Waals surface area contributed by atoms with Gasteiger partial charge in [-0.2, -0.15) is 0 Å². The van der Waals surface area contributed by atoms with Gasteiger partial charge in [0.2, 0.25) is 0 Å². The second kappa shape index (κ2) is 14.4. The average Bonchev–Trinajstić information content (AvgIpc) is 3.79. The van der Waals surface area contributed by atoms with Crippen LogP contribution >= 0.6 is 0 Å². The fraction of sp³-hybridized carbons (Fsp3) is 0.0645. The SMILES string of the molecule is CC1(C)c2ccccc2-c2ccc(N(c3ccc(-c4ccccc4)cc3)c3cc4ccccc4c4c3-c3ccc(-c5ccccc5)cc3C4(c3ccccc3)c3ccccc3)cc21. The van der Waals surface area contributed by atoms with Crippen LogP contribution < -0.4 is 4.90 Å². The van der Waals surface area contributed by atoms with E-state index in [4.69, 9.17) is 0 Å². The summed E-state index contributed by atoms with van der Waals surface area (Å²) >= 11 is 0. The normalized spacial score (nSPS) is 13.8. The lowest BCUT2D eigenvalue weighted by molar-refractivity contribution is 0.660. The van der Waals surface area contributed by atoms with Gasteiger partial charge >= 0.3 is 0 Å². The van der Waals surface area contributed by atoms with E-state index in [0.29, 0.717) is 0 Å². The topological polar surface area (TPSA) is 3.24 Å². The fourth-order valence-electron chi connectivity index (χ4n) is 11.0. The van der Waals surface area contributed by atoms with E-state index in [0.717, 1.165) is 17.1 Å². The number of rotatable bonds is 7. The molecule has 0 N–H and O–H groups in total. The van der Waals surface area contributed by atoms with Crippen molar-refractivity contribution in [3.63, 3.8) is 0 Å². The van der Waals surface area contributed by atoms with Crippen molar-refractivity contribution < 1.29 is 0 Å². The molecule has 12 rings (SSSR count). The first-order valence-corrected chi connectivity index (χ1v) is 22.1. The second-order valence-electron chi connectivity index (χ2n) is 17.6. The Labute approximate surface area is 370 Å². The van der Waals surface area contributed by atoms with Gasteiger partial charge in [0.1, 0.15) is 0 Å². The third kappa shape index (κ3) is 5.63. The largest absolute Gasteiger partial charge is 0.310 e. The maximum Gasteiger partial charge on any atom is 0.0720 e. The van der Waals surface area contributed by atoms with Crippen molar-refractivity contribution in [3.8, 4) is 44.5 Å². The van der Waals surface area contributed by atoms with Crippen molar-refractivity contribution in [2.24, 2.45) is 0 Å². The predicted molar refractivity (Wildman–Crippen MR) is 264 cm³/mol. The molecule has 0 saturated carbocycles. The molecule has 0 aliphatic heterocycles. The maximum atomic E-state index is 2.54. The van der Waals surface area contributed by atoms with Crippen molar-refractivity contribution in [2.45, 2.75) is 24.7 Å². The Morgan fingerprint density at radius 2 is 0.857 bits per heavy atom. The first kappa shape index (κ1) is 37.1. The maximum absolute atomic E-state index is 2.54. The zero-order valence-corrected chi connectivity index (χ0v) is 35.5. The summed E-state index contributed by atoms with van der Waals surface area (Å²) in [5, 5.41) is 2.46. The van der Waals surface area contributed by atoms with Crippen LogP contribution in [-0.2, 0) is 10.8 Å². The Balaban J connectivity index is 1.20. The van der Waals surface area contributed by atoms with Crippen molar-refractivity contribution in [1.29, 1.82) is 0 Å². The lowest BCUT2D eigenvalue weighted by Gasteiger charge is -2.36. The standard InChI is InChI=1S/C62H45N/c1-61(2)55-30-18-17-29-52(55)53-38-36-50(41-56(53)61)63(49-34-31-44(32-35-49)42-19-7-3-8-20-42)58-40-46-23-15-16-28-51(46)60-59(58)54-37-33-45(43-21-9-4-10-22-43)39-57(54)62(60,47-24-11-5-12-25-47)48-26-13-6-14-27-48/h3-41H,1-2H3. The van der Waals surface area contributed by atoms with E-state index in [-0.39, 0.29) is 5.41 Å². The molecule has 1 nitrogen and oxygen atoms in total. The first-order chi connectivity index (χ1) is 31.0. The highest BCUT2D eigenvalue weighted by atomic mass is 15.1. The number of hydrogen-bond acceptors (Lipinski definition) is 1. The molecular formula is C62H45N. The van der Waals surface area contributed by atoms with E-state index in [1.165, 1.54) is 88.7 Å². The predicted octanol–water partition coefficient (Wildman–Crippen LogP) is 16.3. The summed E-state index contributed by atoms with van der Waals surface area (Å²) in [5.74, 6) is 0. The third-order valence-corrected chi connectivity index (χ3v) is 13.9. The molecule has 0 heterocycles. The first-order valence-electron chi connectivity index (χ1n) is 22.1. The van der Waals surface area contributed by atoms with Crippen LogP contribution in [0.1, 0.15) is 47.2 Å². The molecule has 0 radical (unpaired) electrons. The van der Waals surface area contributed by atoms with Crippen LogP contribution in [0.4, 0.5) is 17.1 Å². The molecule has 1 heteroatoms. The quantitative estimate of drug-likeness (QED) is 0.155. The molecule has 298 valence electrons. The van der Waals surface area contributed by atoms with Gasteiger partial charge in [0.05, 0.1) is 11.1 Å². The van der Waals surface area contributed by atoms with Crippen molar-refractivity contribution >= 4 is 27.8 Å². The molecule has 10 aromatic rings. The molecule has 63 heavy (non-hydrogen) atoms. The summed E-state index contributed by atoms with van der Waals surface area (Å²) in [6.45, 7) is 4.76. The van der Waals surface area contributed by atoms with Crippen molar-refractivity contribution in [1.82, 2.24) is 0 Å². The minimum absolute atomic E-state index is 0.160. The molecule has 0 aromatic heterocycles. The summed E-state index contributed by atoms with van der Waals surface area (Å²) in [6, 6.07) is 88.0. The lowest BCUT2D eigenvalue weighted by Crippen LogP contribution is -2.29. The summed E-state index contributed by atoms with van der Waals surface area (Å²) < 4.78 is 0. The van der Waals surface area contributed by atoms with Gasteiger partial charge in [0, 0.05) is 22.4 Å². The van der Waals surface area contributed by atoms with E-state index >= 15 is 0 Å². The van der Waals surface area contributed by atoms with Gasteiger partial charge in [0.15, 0.2) is 0 Å². The van der Waals surface area contributed by atoms with Gasteiger partial charge in [-0.15, -0.1) is 0 Å². The minimum Gasteiger partial charge on any atom is -0.310 e. The molecule has 0 amide bonds. The lowest BCUT2D eigenvalue weighted by atomic mass is 9.66. The van der Waals surface area contributed by atoms with Gasteiger partial charge in [-0.25, -0.2) is 0 Å². The monoisotopic (exact) mass is 803 g/mol. The summed E-state index contributed by atoms with van der Waals surface area (Å²) in [7, 11) is 0. The number of benzene rings is 10. The molecule has 0 atom stereocenters. The Kier molecular flexibility index (Phi) is 8.49. The highest BCUT2D eigenvalue weighted by Gasteiger charge is 2.49. The van der Waals surface area contributed by atoms with Gasteiger partial charge in [-0.1, -0.05) is 214 Å². The Hall–Kier alpha value is -7.74. The van der Waals surface area contributed by atoms with E-state index in [1.54, 1.807) is 0 Å². The van der Waals surface area contributed by atoms with Gasteiger partial charge in [-0.05, 0) is 119 Å². The molecule has 0 saturated heterocycles. The molecular weight excluding hydrogens is 759 g/mol. The molecule has 10 aromatic carbocycles. The molecule has 2 aliphatic carbocycles. The smallest absolute Gasteiger partial charge is 0.0720 e. The number of anilines is 3. The highest BCUT2D eigenvalue weighted by molar-refractivity contribution is 6.08. The minimum atomic E-state index is -0.627. The van der Waals surface area contributed by atoms with Gasteiger partial charge in [-0.3, -0.25) is 0 Å². The van der Waals surface area contributed by atoms with Crippen LogP contribution in [0, 0.1) is 0 Å². The Morgan fingerprint density at radius 3 is 1.54 bits per heavy atom. The van der Waals surface area contributed by atoms with Crippen LogP contribution in [0.3, 0.4) is 0 Å². The number of nitrogens with zero attached hydrogens (tertiary/aromatic N) is 1.